The number of benzene rings is 1. The van der Waals surface area contributed by atoms with Crippen molar-refractivity contribution in [3.8, 4) is 0 Å². The first kappa shape index (κ1) is 13.4. The largest absolute Gasteiger partial charge is 0.432 e. The molecule has 1 aromatic rings. The number of amides is 1. The van der Waals surface area contributed by atoms with Crippen molar-refractivity contribution in [2.75, 3.05) is 7.05 Å². The summed E-state index contributed by atoms with van der Waals surface area (Å²) in [5.74, 6) is -0.413. The Morgan fingerprint density at radius 3 is 2.53 bits per heavy atom. The van der Waals surface area contributed by atoms with E-state index in [0.717, 1.165) is 4.90 Å². The molecule has 0 radical (unpaired) electrons. The van der Waals surface area contributed by atoms with E-state index in [-0.39, 0.29) is 0 Å². The maximum absolute atomic E-state index is 12.4. The second kappa shape index (κ2) is 4.91. The highest BCUT2D eigenvalue weighted by Crippen LogP contribution is 2.27. The first-order valence-corrected chi connectivity index (χ1v) is 5.51. The van der Waals surface area contributed by atoms with Gasteiger partial charge in [-0.15, -0.1) is 0 Å². The molecule has 19 heavy (non-hydrogen) atoms. The van der Waals surface area contributed by atoms with Crippen LogP contribution in [0.4, 0.5) is 13.2 Å². The fourth-order valence-corrected chi connectivity index (χ4v) is 1.65. The highest BCUT2D eigenvalue weighted by Gasteiger charge is 2.43. The quantitative estimate of drug-likeness (QED) is 0.829. The molecule has 1 unspecified atom stereocenters. The van der Waals surface area contributed by atoms with E-state index in [4.69, 9.17) is 0 Å². The predicted molar refractivity (Wildman–Crippen MR) is 61.5 cm³/mol. The molecular weight excluding hydrogens is 261 g/mol. The van der Waals surface area contributed by atoms with E-state index < -0.39 is 30.4 Å². The normalized spacial score (nSPS) is 18.7. The number of oxime groups is 1. The lowest BCUT2D eigenvalue weighted by atomic mass is 10.2. The topological polar surface area (TPSA) is 41.9 Å². The monoisotopic (exact) mass is 272 g/mol. The number of hydrogen-bond donors (Lipinski definition) is 0. The Labute approximate surface area is 107 Å². The predicted octanol–water partition coefficient (Wildman–Crippen LogP) is 2.42. The van der Waals surface area contributed by atoms with Gasteiger partial charge in [0.2, 0.25) is 6.23 Å². The Bertz CT molecular complexity index is 499. The van der Waals surface area contributed by atoms with Crippen molar-refractivity contribution in [2.24, 2.45) is 5.16 Å². The van der Waals surface area contributed by atoms with Gasteiger partial charge in [0.15, 0.2) is 5.71 Å². The zero-order valence-electron chi connectivity index (χ0n) is 10.0. The number of nitrogens with zero attached hydrogens (tertiary/aromatic N) is 2. The summed E-state index contributed by atoms with van der Waals surface area (Å²) in [6.45, 7) is 0. The molecule has 0 aromatic heterocycles. The van der Waals surface area contributed by atoms with Crippen molar-refractivity contribution in [1.29, 1.82) is 0 Å². The van der Waals surface area contributed by atoms with Crippen molar-refractivity contribution in [1.82, 2.24) is 4.90 Å². The minimum Gasteiger partial charge on any atom is -0.370 e. The minimum atomic E-state index is -4.52. The van der Waals surface area contributed by atoms with E-state index in [1.807, 2.05) is 0 Å². The lowest BCUT2D eigenvalue weighted by Crippen LogP contribution is -2.38. The van der Waals surface area contributed by atoms with Crippen molar-refractivity contribution in [3.05, 3.63) is 35.9 Å². The van der Waals surface area contributed by atoms with Crippen LogP contribution in [0.3, 0.4) is 0 Å². The SMILES string of the molecule is CN(C(=O)c1ccccc1)C1CC(C(F)(F)F)=NO1. The second-order valence-electron chi connectivity index (χ2n) is 4.08. The van der Waals surface area contributed by atoms with Crippen molar-refractivity contribution in [2.45, 2.75) is 18.8 Å². The zero-order valence-corrected chi connectivity index (χ0v) is 10.0. The van der Waals surface area contributed by atoms with Gasteiger partial charge >= 0.3 is 6.18 Å². The summed E-state index contributed by atoms with van der Waals surface area (Å²) in [6.07, 6.45) is -6.01. The van der Waals surface area contributed by atoms with Crippen molar-refractivity contribution in [3.63, 3.8) is 0 Å². The summed E-state index contributed by atoms with van der Waals surface area (Å²) in [4.78, 5) is 17.8. The molecule has 1 amide bonds. The molecule has 0 aliphatic carbocycles. The average molecular weight is 272 g/mol. The van der Waals surface area contributed by atoms with Crippen LogP contribution in [-0.2, 0) is 4.84 Å². The fraction of sp³-hybridized carbons (Fsp3) is 0.333. The van der Waals surface area contributed by atoms with E-state index in [9.17, 15) is 18.0 Å². The van der Waals surface area contributed by atoms with E-state index in [1.165, 1.54) is 7.05 Å². The second-order valence-corrected chi connectivity index (χ2v) is 4.08. The highest BCUT2D eigenvalue weighted by atomic mass is 19.4. The molecule has 102 valence electrons. The molecule has 1 heterocycles. The first-order chi connectivity index (χ1) is 8.89. The Kier molecular flexibility index (Phi) is 3.46. The summed E-state index contributed by atoms with van der Waals surface area (Å²) in [7, 11) is 1.38. The maximum Gasteiger partial charge on any atom is 0.432 e. The van der Waals surface area contributed by atoms with Gasteiger partial charge in [-0.3, -0.25) is 4.79 Å². The summed E-state index contributed by atoms with van der Waals surface area (Å²) >= 11 is 0. The lowest BCUT2D eigenvalue weighted by Gasteiger charge is -2.22. The Morgan fingerprint density at radius 1 is 1.37 bits per heavy atom. The molecule has 2 rings (SSSR count). The summed E-state index contributed by atoms with van der Waals surface area (Å²) in [6, 6.07) is 8.26. The molecule has 1 aliphatic rings. The van der Waals surface area contributed by atoms with Crippen LogP contribution in [0.2, 0.25) is 0 Å². The Balaban J connectivity index is 2.04. The number of carbonyl (C=O) groups is 1. The number of rotatable bonds is 2. The molecule has 4 nitrogen and oxygen atoms in total. The molecule has 1 aromatic carbocycles. The van der Waals surface area contributed by atoms with E-state index in [1.54, 1.807) is 30.3 Å². The van der Waals surface area contributed by atoms with Gasteiger partial charge in [-0.2, -0.15) is 13.2 Å². The van der Waals surface area contributed by atoms with Crippen LogP contribution >= 0.6 is 0 Å². The van der Waals surface area contributed by atoms with E-state index in [2.05, 4.69) is 9.99 Å². The van der Waals surface area contributed by atoms with Gasteiger partial charge in [-0.1, -0.05) is 23.4 Å². The molecule has 0 saturated carbocycles. The van der Waals surface area contributed by atoms with Crippen LogP contribution in [0.1, 0.15) is 16.8 Å². The van der Waals surface area contributed by atoms with Gasteiger partial charge in [0.25, 0.3) is 5.91 Å². The van der Waals surface area contributed by atoms with Crippen molar-refractivity contribution >= 4 is 11.6 Å². The van der Waals surface area contributed by atoms with Gasteiger partial charge in [0.1, 0.15) is 0 Å². The first-order valence-electron chi connectivity index (χ1n) is 5.51. The number of halogens is 3. The molecule has 0 spiro atoms. The average Bonchev–Trinajstić information content (AvgIpc) is 2.87. The summed E-state index contributed by atoms with van der Waals surface area (Å²) < 4.78 is 37.2. The van der Waals surface area contributed by atoms with Gasteiger partial charge in [0, 0.05) is 12.6 Å². The Hall–Kier alpha value is -2.05. The maximum atomic E-state index is 12.4. The van der Waals surface area contributed by atoms with Gasteiger partial charge in [-0.25, -0.2) is 0 Å². The molecule has 0 N–H and O–H groups in total. The smallest absolute Gasteiger partial charge is 0.370 e. The summed E-state index contributed by atoms with van der Waals surface area (Å²) in [5.41, 5.74) is -0.626. The van der Waals surface area contributed by atoms with E-state index in [0.29, 0.717) is 5.56 Å². The third kappa shape index (κ3) is 2.86. The van der Waals surface area contributed by atoms with Crippen molar-refractivity contribution < 1.29 is 22.8 Å². The van der Waals surface area contributed by atoms with Crippen LogP contribution in [0.5, 0.6) is 0 Å². The number of hydrogen-bond acceptors (Lipinski definition) is 3. The van der Waals surface area contributed by atoms with Crippen LogP contribution in [0.15, 0.2) is 35.5 Å². The third-order valence-electron chi connectivity index (χ3n) is 2.75. The van der Waals surface area contributed by atoms with Gasteiger partial charge in [-0.05, 0) is 12.1 Å². The molecule has 0 bridgehead atoms. The Morgan fingerprint density at radius 2 is 2.00 bits per heavy atom. The van der Waals surface area contributed by atoms with Gasteiger partial charge < -0.3 is 9.74 Å². The molecule has 0 saturated heterocycles. The third-order valence-corrected chi connectivity index (χ3v) is 2.75. The molecular formula is C12H11F3N2O2. The van der Waals surface area contributed by atoms with Crippen LogP contribution < -0.4 is 0 Å². The van der Waals surface area contributed by atoms with E-state index >= 15 is 0 Å². The highest BCUT2D eigenvalue weighted by molar-refractivity contribution is 5.95. The molecule has 1 atom stereocenters. The molecule has 0 fully saturated rings. The number of alkyl halides is 3. The van der Waals surface area contributed by atoms with Gasteiger partial charge in [0.05, 0.1) is 6.42 Å². The molecule has 7 heteroatoms. The van der Waals surface area contributed by atoms with Crippen LogP contribution in [-0.4, -0.2) is 36.0 Å². The number of carbonyl (C=O) groups excluding carboxylic acids is 1. The zero-order chi connectivity index (χ0) is 14.0. The summed E-state index contributed by atoms with van der Waals surface area (Å²) in [5, 5.41) is 2.98. The van der Waals surface area contributed by atoms with Crippen LogP contribution in [0, 0.1) is 0 Å². The molecule has 1 aliphatic heterocycles. The fourth-order valence-electron chi connectivity index (χ4n) is 1.65. The minimum absolute atomic E-state index is 0.383. The standard InChI is InChI=1S/C12H11F3N2O2/c1-17(11(18)8-5-3-2-4-6-8)10-7-9(16-19-10)12(13,14)15/h2-6,10H,7H2,1H3. The lowest BCUT2D eigenvalue weighted by molar-refractivity contribution is -0.0604. The van der Waals surface area contributed by atoms with Crippen LogP contribution in [0.25, 0.3) is 0 Å².